The average molecular weight is 297 g/mol. The van der Waals surface area contributed by atoms with Crippen molar-refractivity contribution >= 4 is 16.0 Å². The topological polar surface area (TPSA) is 74.7 Å². The molecule has 1 unspecified atom stereocenters. The molecule has 1 aliphatic rings. The van der Waals surface area contributed by atoms with E-state index in [1.807, 2.05) is 13.0 Å². The number of benzene rings is 1. The lowest BCUT2D eigenvalue weighted by atomic mass is 10.0. The van der Waals surface area contributed by atoms with E-state index in [1.165, 1.54) is 4.31 Å². The van der Waals surface area contributed by atoms with Gasteiger partial charge < -0.3 is 5.11 Å². The van der Waals surface area contributed by atoms with Crippen molar-refractivity contribution in [3.05, 3.63) is 29.8 Å². The highest BCUT2D eigenvalue weighted by Crippen LogP contribution is 2.27. The molecule has 1 aliphatic heterocycles. The summed E-state index contributed by atoms with van der Waals surface area (Å²) in [6.45, 7) is 2.75. The Balaban J connectivity index is 2.07. The number of carboxylic acids is 1. The quantitative estimate of drug-likeness (QED) is 0.900. The third-order valence-electron chi connectivity index (χ3n) is 3.64. The Kier molecular flexibility index (Phi) is 4.45. The minimum atomic E-state index is -3.45. The molecule has 2 rings (SSSR count). The van der Waals surface area contributed by atoms with Crippen LogP contribution in [0, 0.1) is 12.8 Å². The first kappa shape index (κ1) is 15.0. The molecule has 1 atom stereocenters. The van der Waals surface area contributed by atoms with E-state index in [1.54, 1.807) is 18.2 Å². The number of carboxylic acid groups (broad SMARTS) is 1. The summed E-state index contributed by atoms with van der Waals surface area (Å²) in [6.07, 6.45) is 1.37. The number of sulfonamides is 1. The molecule has 0 saturated carbocycles. The van der Waals surface area contributed by atoms with Crippen LogP contribution in [0.25, 0.3) is 0 Å². The maximum Gasteiger partial charge on any atom is 0.303 e. The summed E-state index contributed by atoms with van der Waals surface area (Å²) in [5.41, 5.74) is 0.910. The molecule has 0 spiro atoms. The molecule has 1 saturated heterocycles. The van der Waals surface area contributed by atoms with Gasteiger partial charge in [-0.1, -0.05) is 12.1 Å². The van der Waals surface area contributed by atoms with Crippen LogP contribution in [-0.2, 0) is 14.8 Å². The standard InChI is InChI=1S/C14H19NO4S/c1-11-3-2-4-13(9-11)20(18,19)15-8-7-12(10-15)5-6-14(16)17/h2-4,9,12H,5-8,10H2,1H3,(H,16,17). The van der Waals surface area contributed by atoms with Crippen molar-refractivity contribution in [2.75, 3.05) is 13.1 Å². The van der Waals surface area contributed by atoms with Crippen LogP contribution in [0.15, 0.2) is 29.2 Å². The Morgan fingerprint density at radius 2 is 2.20 bits per heavy atom. The lowest BCUT2D eigenvalue weighted by Crippen LogP contribution is -2.29. The number of carbonyl (C=O) groups is 1. The molecule has 1 aromatic carbocycles. The Morgan fingerprint density at radius 1 is 1.45 bits per heavy atom. The van der Waals surface area contributed by atoms with Crippen LogP contribution in [0.3, 0.4) is 0 Å². The van der Waals surface area contributed by atoms with E-state index in [0.29, 0.717) is 24.4 Å². The Morgan fingerprint density at radius 3 is 2.85 bits per heavy atom. The first-order valence-corrected chi connectivity index (χ1v) is 8.12. The maximum absolute atomic E-state index is 12.5. The molecule has 0 amide bonds. The Bertz CT molecular complexity index is 597. The van der Waals surface area contributed by atoms with Gasteiger partial charge in [0.15, 0.2) is 0 Å². The third kappa shape index (κ3) is 3.37. The number of aliphatic carboxylic acids is 1. The minimum Gasteiger partial charge on any atom is -0.481 e. The molecule has 0 aromatic heterocycles. The van der Waals surface area contributed by atoms with Crippen LogP contribution >= 0.6 is 0 Å². The largest absolute Gasteiger partial charge is 0.481 e. The molecule has 20 heavy (non-hydrogen) atoms. The van der Waals surface area contributed by atoms with Gasteiger partial charge in [-0.15, -0.1) is 0 Å². The summed E-state index contributed by atoms with van der Waals surface area (Å²) >= 11 is 0. The van der Waals surface area contributed by atoms with Crippen molar-refractivity contribution in [1.82, 2.24) is 4.31 Å². The lowest BCUT2D eigenvalue weighted by molar-refractivity contribution is -0.137. The number of hydrogen-bond donors (Lipinski definition) is 1. The van der Waals surface area contributed by atoms with Gasteiger partial charge in [0.25, 0.3) is 0 Å². The second-order valence-electron chi connectivity index (χ2n) is 5.27. The number of rotatable bonds is 5. The average Bonchev–Trinajstić information content (AvgIpc) is 2.86. The van der Waals surface area contributed by atoms with Crippen LogP contribution in [0.5, 0.6) is 0 Å². The van der Waals surface area contributed by atoms with E-state index in [2.05, 4.69) is 0 Å². The highest BCUT2D eigenvalue weighted by Gasteiger charge is 2.32. The second-order valence-corrected chi connectivity index (χ2v) is 7.20. The minimum absolute atomic E-state index is 0.100. The van der Waals surface area contributed by atoms with Crippen LogP contribution < -0.4 is 0 Å². The number of aryl methyl sites for hydroxylation is 1. The van der Waals surface area contributed by atoms with Gasteiger partial charge in [0, 0.05) is 19.5 Å². The molecule has 0 aliphatic carbocycles. The third-order valence-corrected chi connectivity index (χ3v) is 5.50. The molecule has 1 N–H and O–H groups in total. The Hall–Kier alpha value is -1.40. The summed E-state index contributed by atoms with van der Waals surface area (Å²) < 4.78 is 26.4. The summed E-state index contributed by atoms with van der Waals surface area (Å²) in [5.74, 6) is -0.685. The molecule has 110 valence electrons. The molecule has 6 heteroatoms. The van der Waals surface area contributed by atoms with Gasteiger partial charge in [-0.3, -0.25) is 4.79 Å². The lowest BCUT2D eigenvalue weighted by Gasteiger charge is -2.16. The van der Waals surface area contributed by atoms with Crippen molar-refractivity contribution in [3.8, 4) is 0 Å². The summed E-state index contributed by atoms with van der Waals surface area (Å²) in [7, 11) is -3.45. The zero-order valence-electron chi connectivity index (χ0n) is 11.4. The van der Waals surface area contributed by atoms with Crippen LogP contribution in [0.2, 0.25) is 0 Å². The molecule has 0 bridgehead atoms. The molecule has 1 heterocycles. The fourth-order valence-electron chi connectivity index (χ4n) is 2.50. The van der Waals surface area contributed by atoms with E-state index in [-0.39, 0.29) is 12.3 Å². The normalized spacial score (nSPS) is 20.1. The predicted molar refractivity (Wildman–Crippen MR) is 74.9 cm³/mol. The zero-order valence-corrected chi connectivity index (χ0v) is 12.3. The summed E-state index contributed by atoms with van der Waals surface area (Å²) in [5, 5.41) is 8.68. The van der Waals surface area contributed by atoms with Crippen LogP contribution in [0.1, 0.15) is 24.8 Å². The first-order chi connectivity index (χ1) is 9.39. The van der Waals surface area contributed by atoms with E-state index < -0.39 is 16.0 Å². The smallest absolute Gasteiger partial charge is 0.303 e. The molecule has 1 fully saturated rings. The molecular weight excluding hydrogens is 278 g/mol. The van der Waals surface area contributed by atoms with E-state index >= 15 is 0 Å². The molecular formula is C14H19NO4S. The van der Waals surface area contributed by atoms with E-state index in [4.69, 9.17) is 5.11 Å². The van der Waals surface area contributed by atoms with Gasteiger partial charge in [0.2, 0.25) is 10.0 Å². The second kappa shape index (κ2) is 5.93. The monoisotopic (exact) mass is 297 g/mol. The van der Waals surface area contributed by atoms with Crippen molar-refractivity contribution in [2.45, 2.75) is 31.1 Å². The Labute approximate surface area is 119 Å². The highest BCUT2D eigenvalue weighted by atomic mass is 32.2. The number of nitrogens with zero attached hydrogens (tertiary/aromatic N) is 1. The van der Waals surface area contributed by atoms with Gasteiger partial charge in [-0.05, 0) is 43.4 Å². The maximum atomic E-state index is 12.5. The van der Waals surface area contributed by atoms with Crippen molar-refractivity contribution in [3.63, 3.8) is 0 Å². The fraction of sp³-hybridized carbons (Fsp3) is 0.500. The molecule has 5 nitrogen and oxygen atoms in total. The highest BCUT2D eigenvalue weighted by molar-refractivity contribution is 7.89. The fourth-order valence-corrected chi connectivity index (χ4v) is 4.14. The number of hydrogen-bond acceptors (Lipinski definition) is 3. The van der Waals surface area contributed by atoms with Gasteiger partial charge in [0.1, 0.15) is 0 Å². The molecule has 1 aromatic rings. The first-order valence-electron chi connectivity index (χ1n) is 6.68. The van der Waals surface area contributed by atoms with Crippen LogP contribution in [0.4, 0.5) is 0 Å². The SMILES string of the molecule is Cc1cccc(S(=O)(=O)N2CCC(CCC(=O)O)C2)c1. The van der Waals surface area contributed by atoms with Crippen LogP contribution in [-0.4, -0.2) is 36.9 Å². The van der Waals surface area contributed by atoms with Crippen molar-refractivity contribution in [2.24, 2.45) is 5.92 Å². The van der Waals surface area contributed by atoms with Gasteiger partial charge in [-0.2, -0.15) is 4.31 Å². The van der Waals surface area contributed by atoms with E-state index in [9.17, 15) is 13.2 Å². The van der Waals surface area contributed by atoms with Crippen molar-refractivity contribution < 1.29 is 18.3 Å². The molecule has 0 radical (unpaired) electrons. The van der Waals surface area contributed by atoms with Crippen molar-refractivity contribution in [1.29, 1.82) is 0 Å². The predicted octanol–water partition coefficient (Wildman–Crippen LogP) is 1.87. The van der Waals surface area contributed by atoms with Gasteiger partial charge >= 0.3 is 5.97 Å². The van der Waals surface area contributed by atoms with Gasteiger partial charge in [-0.25, -0.2) is 8.42 Å². The van der Waals surface area contributed by atoms with Gasteiger partial charge in [0.05, 0.1) is 4.90 Å². The summed E-state index contributed by atoms with van der Waals surface area (Å²) in [6, 6.07) is 6.87. The summed E-state index contributed by atoms with van der Waals surface area (Å²) in [4.78, 5) is 10.9. The zero-order chi connectivity index (χ0) is 14.8. The van der Waals surface area contributed by atoms with E-state index in [0.717, 1.165) is 12.0 Å².